The number of nitrogens with one attached hydrogen (secondary N) is 4. The number of aromatic hydroxyl groups is 1. The summed E-state index contributed by atoms with van der Waals surface area (Å²) >= 11 is 0. The lowest BCUT2D eigenvalue weighted by molar-refractivity contribution is -0.133. The van der Waals surface area contributed by atoms with Crippen molar-refractivity contribution in [3.05, 3.63) is 121 Å². The van der Waals surface area contributed by atoms with E-state index < -0.39 is 39.6 Å². The second-order valence-corrected chi connectivity index (χ2v) is 14.7. The van der Waals surface area contributed by atoms with Crippen molar-refractivity contribution in [1.82, 2.24) is 25.3 Å². The first kappa shape index (κ1) is 39.3. The van der Waals surface area contributed by atoms with Crippen molar-refractivity contribution < 1.29 is 33.0 Å². The molecule has 3 aromatic carbocycles. The number of rotatable bonds is 17. The summed E-state index contributed by atoms with van der Waals surface area (Å²) in [4.78, 5) is 34.9. The number of phenols is 1. The molecule has 0 saturated carbocycles. The lowest BCUT2D eigenvalue weighted by atomic mass is 10.00. The Morgan fingerprint density at radius 2 is 1.56 bits per heavy atom. The van der Waals surface area contributed by atoms with Gasteiger partial charge in [-0.3, -0.25) is 9.59 Å². The van der Waals surface area contributed by atoms with Crippen molar-refractivity contribution in [2.75, 3.05) is 12.0 Å². The van der Waals surface area contributed by atoms with Gasteiger partial charge in [-0.1, -0.05) is 72.8 Å². The van der Waals surface area contributed by atoms with Gasteiger partial charge in [-0.25, -0.2) is 24.2 Å². The van der Waals surface area contributed by atoms with Crippen LogP contribution in [0.15, 0.2) is 120 Å². The maximum Gasteiger partial charge on any atom is 0.245 e. The Balaban J connectivity index is 1.20. The van der Waals surface area contributed by atoms with Crippen LogP contribution in [0.25, 0.3) is 22.4 Å². The van der Waals surface area contributed by atoms with Crippen molar-refractivity contribution in [2.24, 2.45) is 5.84 Å². The van der Waals surface area contributed by atoms with E-state index in [2.05, 4.69) is 30.7 Å². The standard InChI is InChI=1S/C39H43N7O7S/c1-39(2,38(50)43-33(22-26-15-17-30(47)18-16-26)37(49)46-54(51,52)31-19-20-34(45-40)41-25-31)44-35(48)14-9-21-53-36-24-29(27-10-5-3-6-11-27)23-32(42-36)28-12-7-4-8-13-28/h3-8,10-13,15-20,23-25,33,37,46-47,49H,9,14,21-22,40H2,1-2H3,(H,41,45)(H,43,50)(H,44,48)/t33-,37+/m0/s1. The quantitative estimate of drug-likeness (QED) is 0.0313. The summed E-state index contributed by atoms with van der Waals surface area (Å²) in [5.74, 6) is 4.85. The number of anilines is 1. The number of hydrogen-bond acceptors (Lipinski definition) is 11. The molecule has 2 aromatic heterocycles. The maximum atomic E-state index is 13.6. The monoisotopic (exact) mass is 753 g/mol. The second-order valence-electron chi connectivity index (χ2n) is 13.0. The predicted octanol–water partition coefficient (Wildman–Crippen LogP) is 3.88. The first-order valence-corrected chi connectivity index (χ1v) is 18.6. The van der Waals surface area contributed by atoms with Gasteiger partial charge in [0.1, 0.15) is 28.2 Å². The molecule has 15 heteroatoms. The number of benzene rings is 3. The molecule has 5 rings (SSSR count). The number of pyridine rings is 2. The fourth-order valence-electron chi connectivity index (χ4n) is 5.42. The molecule has 0 aliphatic rings. The first-order chi connectivity index (χ1) is 25.8. The normalized spacial score (nSPS) is 12.7. The van der Waals surface area contributed by atoms with Crippen LogP contribution >= 0.6 is 0 Å². The third kappa shape index (κ3) is 10.8. The van der Waals surface area contributed by atoms with Crippen LogP contribution in [0.3, 0.4) is 0 Å². The van der Waals surface area contributed by atoms with Crippen LogP contribution in [0, 0.1) is 0 Å². The minimum atomic E-state index is -4.29. The van der Waals surface area contributed by atoms with E-state index in [9.17, 15) is 28.2 Å². The number of hydrogen-bond donors (Lipinski definition) is 7. The molecular weight excluding hydrogens is 711 g/mol. The van der Waals surface area contributed by atoms with Gasteiger partial charge < -0.3 is 31.0 Å². The van der Waals surface area contributed by atoms with E-state index in [0.29, 0.717) is 17.9 Å². The number of nitrogen functional groups attached to an aromatic ring is 1. The molecule has 0 spiro atoms. The highest BCUT2D eigenvalue weighted by Crippen LogP contribution is 2.29. The molecule has 2 atom stereocenters. The number of carbonyl (C=O) groups excluding carboxylic acids is 2. The highest BCUT2D eigenvalue weighted by Gasteiger charge is 2.34. The number of nitrogens with two attached hydrogens (primary N) is 1. The molecule has 8 N–H and O–H groups in total. The van der Waals surface area contributed by atoms with Crippen LogP contribution in [-0.2, 0) is 26.0 Å². The average molecular weight is 754 g/mol. The molecule has 0 fully saturated rings. The number of phenolic OH excluding ortho intramolecular Hbond substituents is 1. The molecule has 2 amide bonds. The summed E-state index contributed by atoms with van der Waals surface area (Å²) in [5, 5.41) is 26.2. The van der Waals surface area contributed by atoms with Gasteiger partial charge in [0.15, 0.2) is 0 Å². The summed E-state index contributed by atoms with van der Waals surface area (Å²) < 4.78 is 34.3. The Kier molecular flexibility index (Phi) is 12.9. The number of aliphatic hydroxyl groups is 1. The number of ether oxygens (including phenoxy) is 1. The highest BCUT2D eigenvalue weighted by atomic mass is 32.2. The number of aromatic nitrogens is 2. The Morgan fingerprint density at radius 1 is 0.889 bits per heavy atom. The molecule has 0 saturated heterocycles. The summed E-state index contributed by atoms with van der Waals surface area (Å²) in [6.07, 6.45) is -0.423. The average Bonchev–Trinajstić information content (AvgIpc) is 3.17. The molecule has 0 aliphatic heterocycles. The Hall–Kier alpha value is -5.87. The van der Waals surface area contributed by atoms with Gasteiger partial charge in [0.2, 0.25) is 27.7 Å². The van der Waals surface area contributed by atoms with Crippen molar-refractivity contribution in [3.63, 3.8) is 0 Å². The van der Waals surface area contributed by atoms with Crippen LogP contribution in [0.1, 0.15) is 32.3 Å². The van der Waals surface area contributed by atoms with Crippen LogP contribution < -0.4 is 31.4 Å². The van der Waals surface area contributed by atoms with Gasteiger partial charge in [-0.2, -0.15) is 4.72 Å². The zero-order valence-electron chi connectivity index (χ0n) is 29.8. The molecule has 5 aromatic rings. The molecule has 0 bridgehead atoms. The SMILES string of the molecule is CC(C)(NC(=O)CCCOc1cc(-c2ccccc2)cc(-c2ccccc2)n1)C(=O)N[C@@H](Cc1ccc(O)cc1)[C@@H](O)NS(=O)(=O)c1ccc(NN)nc1. The smallest absolute Gasteiger partial charge is 0.245 e. The number of aliphatic hydroxyl groups excluding tert-OH is 1. The minimum Gasteiger partial charge on any atom is -0.508 e. The predicted molar refractivity (Wildman–Crippen MR) is 204 cm³/mol. The largest absolute Gasteiger partial charge is 0.508 e. The van der Waals surface area contributed by atoms with Crippen molar-refractivity contribution in [1.29, 1.82) is 0 Å². The number of sulfonamides is 1. The van der Waals surface area contributed by atoms with Gasteiger partial charge in [0.25, 0.3) is 0 Å². The van der Waals surface area contributed by atoms with Crippen molar-refractivity contribution >= 4 is 27.7 Å². The molecule has 2 heterocycles. The Bertz CT molecular complexity index is 2060. The zero-order valence-corrected chi connectivity index (χ0v) is 30.6. The summed E-state index contributed by atoms with van der Waals surface area (Å²) in [6, 6.07) is 30.9. The summed E-state index contributed by atoms with van der Waals surface area (Å²) in [6.45, 7) is 3.17. The van der Waals surface area contributed by atoms with Crippen LogP contribution in [-0.4, -0.2) is 64.8 Å². The van der Waals surface area contributed by atoms with E-state index in [1.54, 1.807) is 12.1 Å². The molecular formula is C39H43N7O7S. The van der Waals surface area contributed by atoms with Crippen molar-refractivity contribution in [2.45, 2.75) is 55.8 Å². The van der Waals surface area contributed by atoms with Crippen LogP contribution in [0.4, 0.5) is 5.82 Å². The summed E-state index contributed by atoms with van der Waals surface area (Å²) in [7, 11) is -4.29. The molecule has 14 nitrogen and oxygen atoms in total. The number of nitrogens with zero attached hydrogens (tertiary/aromatic N) is 2. The molecule has 0 aliphatic carbocycles. The van der Waals surface area contributed by atoms with E-state index >= 15 is 0 Å². The maximum absolute atomic E-state index is 13.6. The number of amides is 2. The lowest BCUT2D eigenvalue weighted by Crippen LogP contribution is -2.60. The molecule has 282 valence electrons. The fraction of sp³-hybridized carbons (Fsp3) is 0.231. The highest BCUT2D eigenvalue weighted by molar-refractivity contribution is 7.89. The van der Waals surface area contributed by atoms with Crippen molar-refractivity contribution in [3.8, 4) is 34.0 Å². The van der Waals surface area contributed by atoms with Crippen LogP contribution in [0.5, 0.6) is 11.6 Å². The number of carbonyl (C=O) groups is 2. The fourth-order valence-corrected chi connectivity index (χ4v) is 6.48. The van der Waals surface area contributed by atoms with E-state index in [1.165, 1.54) is 38.1 Å². The minimum absolute atomic E-state index is 0.00616. The topological polar surface area (TPSA) is 218 Å². The van der Waals surface area contributed by atoms with Gasteiger partial charge >= 0.3 is 0 Å². The van der Waals surface area contributed by atoms with E-state index in [1.807, 2.05) is 72.8 Å². The third-order valence-corrected chi connectivity index (χ3v) is 9.77. The van der Waals surface area contributed by atoms with Crippen LogP contribution in [0.2, 0.25) is 0 Å². The molecule has 54 heavy (non-hydrogen) atoms. The van der Waals surface area contributed by atoms with E-state index in [4.69, 9.17) is 10.6 Å². The summed E-state index contributed by atoms with van der Waals surface area (Å²) in [5.41, 5.74) is 5.03. The van der Waals surface area contributed by atoms with Gasteiger partial charge in [-0.05, 0) is 73.7 Å². The van der Waals surface area contributed by atoms with E-state index in [0.717, 1.165) is 28.6 Å². The van der Waals surface area contributed by atoms with Gasteiger partial charge in [-0.15, -0.1) is 0 Å². The Labute approximate surface area is 313 Å². The molecule has 0 unspecified atom stereocenters. The molecule has 0 radical (unpaired) electrons. The number of hydrazine groups is 1. The van der Waals surface area contributed by atoms with E-state index in [-0.39, 0.29) is 35.9 Å². The van der Waals surface area contributed by atoms with Gasteiger partial charge in [0, 0.05) is 24.2 Å². The lowest BCUT2D eigenvalue weighted by Gasteiger charge is -2.31. The first-order valence-electron chi connectivity index (χ1n) is 17.1. The second kappa shape index (κ2) is 17.8. The van der Waals surface area contributed by atoms with Gasteiger partial charge in [0.05, 0.1) is 18.3 Å². The Morgan fingerprint density at radius 3 is 2.19 bits per heavy atom. The third-order valence-electron chi connectivity index (χ3n) is 8.36. The zero-order chi connectivity index (χ0) is 38.7.